The Hall–Kier alpha value is -3.08. The van der Waals surface area contributed by atoms with Crippen molar-refractivity contribution in [2.45, 2.75) is 58.3 Å². The van der Waals surface area contributed by atoms with Gasteiger partial charge in [0.1, 0.15) is 11.3 Å². The zero-order valence-electron chi connectivity index (χ0n) is 18.3. The molecule has 164 valence electrons. The molecule has 0 saturated carbocycles. The first-order valence-corrected chi connectivity index (χ1v) is 11.0. The van der Waals surface area contributed by atoms with Crippen LogP contribution in [-0.2, 0) is 4.79 Å². The maximum absolute atomic E-state index is 13.1. The SMILES string of the molecule is CCCCCCCCCC(=O)Oc1c(-c2ccc(OC)cc2)oc2ccccc2c1=O. The number of carbonyl (C=O) groups excluding carboxylic acids is 1. The molecule has 0 unspecified atom stereocenters. The Balaban J connectivity index is 1.78. The quantitative estimate of drug-likeness (QED) is 0.260. The second-order valence-electron chi connectivity index (χ2n) is 7.66. The van der Waals surface area contributed by atoms with Gasteiger partial charge in [0.25, 0.3) is 0 Å². The molecule has 5 nitrogen and oxygen atoms in total. The van der Waals surface area contributed by atoms with Crippen molar-refractivity contribution < 1.29 is 18.7 Å². The summed E-state index contributed by atoms with van der Waals surface area (Å²) in [6.07, 6.45) is 8.04. The molecular formula is C26H30O5. The molecule has 3 rings (SSSR count). The van der Waals surface area contributed by atoms with Gasteiger partial charge in [-0.25, -0.2) is 0 Å². The van der Waals surface area contributed by atoms with Crippen LogP contribution < -0.4 is 14.9 Å². The van der Waals surface area contributed by atoms with Crippen molar-refractivity contribution in [3.63, 3.8) is 0 Å². The van der Waals surface area contributed by atoms with Gasteiger partial charge in [0, 0.05) is 12.0 Å². The monoisotopic (exact) mass is 422 g/mol. The van der Waals surface area contributed by atoms with E-state index >= 15 is 0 Å². The van der Waals surface area contributed by atoms with Crippen LogP contribution in [0.2, 0.25) is 0 Å². The summed E-state index contributed by atoms with van der Waals surface area (Å²) in [6.45, 7) is 2.19. The van der Waals surface area contributed by atoms with E-state index in [2.05, 4.69) is 6.92 Å². The van der Waals surface area contributed by atoms with E-state index in [9.17, 15) is 9.59 Å². The number of rotatable bonds is 11. The summed E-state index contributed by atoms with van der Waals surface area (Å²) < 4.78 is 16.8. The zero-order valence-corrected chi connectivity index (χ0v) is 18.3. The summed E-state index contributed by atoms with van der Waals surface area (Å²) in [7, 11) is 1.59. The highest BCUT2D eigenvalue weighted by Gasteiger charge is 2.20. The Kier molecular flexibility index (Phi) is 8.27. The fraction of sp³-hybridized carbons (Fsp3) is 0.385. The Bertz CT molecular complexity index is 1050. The maximum atomic E-state index is 13.1. The number of benzene rings is 2. The molecule has 5 heteroatoms. The Morgan fingerprint density at radius 2 is 1.58 bits per heavy atom. The van der Waals surface area contributed by atoms with E-state index in [-0.39, 0.29) is 23.4 Å². The molecule has 3 aromatic rings. The Morgan fingerprint density at radius 1 is 0.903 bits per heavy atom. The van der Waals surface area contributed by atoms with E-state index < -0.39 is 5.97 Å². The largest absolute Gasteiger partial charge is 0.497 e. The molecule has 0 bridgehead atoms. The average molecular weight is 423 g/mol. The molecule has 0 amide bonds. The van der Waals surface area contributed by atoms with E-state index in [0.717, 1.165) is 19.3 Å². The number of ether oxygens (including phenoxy) is 2. The predicted octanol–water partition coefficient (Wildman–Crippen LogP) is 6.51. The van der Waals surface area contributed by atoms with Crippen molar-refractivity contribution in [3.8, 4) is 22.8 Å². The number of unbranched alkanes of at least 4 members (excludes halogenated alkanes) is 6. The van der Waals surface area contributed by atoms with E-state index in [0.29, 0.717) is 22.3 Å². The molecule has 0 radical (unpaired) electrons. The van der Waals surface area contributed by atoms with Gasteiger partial charge < -0.3 is 13.9 Å². The molecule has 2 aromatic carbocycles. The van der Waals surface area contributed by atoms with Gasteiger partial charge >= 0.3 is 5.97 Å². The highest BCUT2D eigenvalue weighted by Crippen LogP contribution is 2.32. The lowest BCUT2D eigenvalue weighted by Crippen LogP contribution is -2.16. The second-order valence-corrected chi connectivity index (χ2v) is 7.66. The standard InChI is InChI=1S/C26H30O5/c1-3-4-5-6-7-8-9-14-23(27)31-26-24(28)21-12-10-11-13-22(21)30-25(26)19-15-17-20(29-2)18-16-19/h10-13,15-18H,3-9,14H2,1-2H3. The third-order valence-electron chi connectivity index (χ3n) is 5.31. The number of fused-ring (bicyclic) bond motifs is 1. The van der Waals surface area contributed by atoms with Gasteiger partial charge in [0.15, 0.2) is 5.76 Å². The molecule has 0 saturated heterocycles. The number of methoxy groups -OCH3 is 1. The molecule has 0 aliphatic rings. The Morgan fingerprint density at radius 3 is 2.29 bits per heavy atom. The van der Waals surface area contributed by atoms with Crippen molar-refractivity contribution in [1.82, 2.24) is 0 Å². The van der Waals surface area contributed by atoms with Crippen molar-refractivity contribution in [1.29, 1.82) is 0 Å². The van der Waals surface area contributed by atoms with Gasteiger partial charge in [-0.3, -0.25) is 9.59 Å². The lowest BCUT2D eigenvalue weighted by atomic mass is 10.1. The number of para-hydroxylation sites is 1. The summed E-state index contributed by atoms with van der Waals surface area (Å²) in [5, 5.41) is 0.387. The summed E-state index contributed by atoms with van der Waals surface area (Å²) >= 11 is 0. The summed E-state index contributed by atoms with van der Waals surface area (Å²) in [4.78, 5) is 25.6. The normalized spacial score (nSPS) is 10.9. The number of esters is 1. The maximum Gasteiger partial charge on any atom is 0.311 e. The smallest absolute Gasteiger partial charge is 0.311 e. The van der Waals surface area contributed by atoms with Crippen LogP contribution in [-0.4, -0.2) is 13.1 Å². The van der Waals surface area contributed by atoms with Crippen LogP contribution in [0.15, 0.2) is 57.7 Å². The minimum absolute atomic E-state index is 0.0585. The van der Waals surface area contributed by atoms with Crippen molar-refractivity contribution in [3.05, 3.63) is 58.8 Å². The fourth-order valence-electron chi connectivity index (χ4n) is 3.54. The molecule has 0 N–H and O–H groups in total. The van der Waals surface area contributed by atoms with Gasteiger partial charge in [0.2, 0.25) is 11.2 Å². The fourth-order valence-corrected chi connectivity index (χ4v) is 3.54. The molecule has 0 spiro atoms. The van der Waals surface area contributed by atoms with Crippen LogP contribution in [0.3, 0.4) is 0 Å². The molecule has 0 atom stereocenters. The minimum Gasteiger partial charge on any atom is -0.497 e. The molecular weight excluding hydrogens is 392 g/mol. The predicted molar refractivity (Wildman–Crippen MR) is 123 cm³/mol. The summed E-state index contributed by atoms with van der Waals surface area (Å²) in [5.41, 5.74) is 0.744. The van der Waals surface area contributed by atoms with E-state index in [1.165, 1.54) is 25.7 Å². The minimum atomic E-state index is -0.411. The second kappa shape index (κ2) is 11.3. The van der Waals surface area contributed by atoms with Crippen LogP contribution in [0, 0.1) is 0 Å². The summed E-state index contributed by atoms with van der Waals surface area (Å²) in [6, 6.07) is 14.1. The average Bonchev–Trinajstić information content (AvgIpc) is 2.80. The van der Waals surface area contributed by atoms with Crippen molar-refractivity contribution >= 4 is 16.9 Å². The first kappa shape index (κ1) is 22.6. The van der Waals surface area contributed by atoms with Crippen LogP contribution >= 0.6 is 0 Å². The van der Waals surface area contributed by atoms with Gasteiger partial charge in [-0.2, -0.15) is 0 Å². The van der Waals surface area contributed by atoms with Crippen molar-refractivity contribution in [2.24, 2.45) is 0 Å². The van der Waals surface area contributed by atoms with Gasteiger partial charge in [0.05, 0.1) is 12.5 Å². The highest BCUT2D eigenvalue weighted by molar-refractivity contribution is 5.84. The number of hydrogen-bond acceptors (Lipinski definition) is 5. The molecule has 0 fully saturated rings. The van der Waals surface area contributed by atoms with Crippen LogP contribution in [0.4, 0.5) is 0 Å². The lowest BCUT2D eigenvalue weighted by molar-refractivity contribution is -0.134. The van der Waals surface area contributed by atoms with Crippen LogP contribution in [0.1, 0.15) is 58.3 Å². The van der Waals surface area contributed by atoms with E-state index in [1.807, 2.05) is 0 Å². The zero-order chi connectivity index (χ0) is 22.1. The lowest BCUT2D eigenvalue weighted by Gasteiger charge is -2.11. The molecule has 31 heavy (non-hydrogen) atoms. The third kappa shape index (κ3) is 5.97. The van der Waals surface area contributed by atoms with Gasteiger partial charge in [-0.1, -0.05) is 57.6 Å². The summed E-state index contributed by atoms with van der Waals surface area (Å²) in [5.74, 6) is 0.464. The van der Waals surface area contributed by atoms with E-state index in [1.54, 1.807) is 55.6 Å². The Labute approximate surface area is 183 Å². The van der Waals surface area contributed by atoms with Crippen LogP contribution in [0.25, 0.3) is 22.3 Å². The molecule has 0 aliphatic heterocycles. The van der Waals surface area contributed by atoms with Crippen LogP contribution in [0.5, 0.6) is 11.5 Å². The first-order valence-electron chi connectivity index (χ1n) is 11.0. The van der Waals surface area contributed by atoms with Crippen molar-refractivity contribution in [2.75, 3.05) is 7.11 Å². The number of hydrogen-bond donors (Lipinski definition) is 0. The van der Waals surface area contributed by atoms with Gasteiger partial charge in [-0.05, 0) is 42.8 Å². The molecule has 1 aromatic heterocycles. The highest BCUT2D eigenvalue weighted by atomic mass is 16.5. The number of carbonyl (C=O) groups is 1. The molecule has 0 aliphatic carbocycles. The third-order valence-corrected chi connectivity index (χ3v) is 5.31. The molecule has 1 heterocycles. The first-order chi connectivity index (χ1) is 15.1. The van der Waals surface area contributed by atoms with E-state index in [4.69, 9.17) is 13.9 Å². The van der Waals surface area contributed by atoms with Gasteiger partial charge in [-0.15, -0.1) is 0 Å². The topological polar surface area (TPSA) is 65.7 Å².